The van der Waals surface area contributed by atoms with E-state index in [-0.39, 0.29) is 17.5 Å². The summed E-state index contributed by atoms with van der Waals surface area (Å²) in [5, 5.41) is 4.01. The molecule has 1 amide bonds. The molecule has 2 aromatic rings. The quantitative estimate of drug-likeness (QED) is 0.474. The minimum absolute atomic E-state index is 0.188. The normalized spacial score (nSPS) is 15.3. The van der Waals surface area contributed by atoms with Crippen molar-refractivity contribution in [2.45, 2.75) is 50.0 Å². The van der Waals surface area contributed by atoms with Gasteiger partial charge in [0.2, 0.25) is 10.0 Å². The van der Waals surface area contributed by atoms with Crippen LogP contribution in [0, 0.1) is 0 Å². The first-order chi connectivity index (χ1) is 15.0. The van der Waals surface area contributed by atoms with E-state index in [2.05, 4.69) is 10.5 Å². The van der Waals surface area contributed by atoms with E-state index in [1.807, 2.05) is 31.2 Å². The molecule has 0 atom stereocenters. The van der Waals surface area contributed by atoms with Crippen LogP contribution in [0.3, 0.4) is 0 Å². The first kappa shape index (κ1) is 23.0. The molecule has 1 aliphatic carbocycles. The topological polar surface area (TPSA) is 88.1 Å². The maximum absolute atomic E-state index is 13.3. The number of amides is 1. The Balaban J connectivity index is 1.73. The molecule has 0 heterocycles. The lowest BCUT2D eigenvalue weighted by Gasteiger charge is -2.32. The summed E-state index contributed by atoms with van der Waals surface area (Å²) in [6.07, 6.45) is 6.01. The molecule has 0 bridgehead atoms. The number of para-hydroxylation sites is 1. The van der Waals surface area contributed by atoms with Gasteiger partial charge in [0.1, 0.15) is 5.75 Å². The monoisotopic (exact) mass is 443 g/mol. The van der Waals surface area contributed by atoms with Crippen LogP contribution in [0.5, 0.6) is 5.75 Å². The molecule has 3 rings (SSSR count). The first-order valence-electron chi connectivity index (χ1n) is 10.6. The number of hydrogen-bond donors (Lipinski definition) is 1. The van der Waals surface area contributed by atoms with Crippen molar-refractivity contribution in [3.05, 3.63) is 60.2 Å². The number of nitrogens with zero attached hydrogens (tertiary/aromatic N) is 2. The summed E-state index contributed by atoms with van der Waals surface area (Å²) in [6.45, 7) is 2.14. The lowest BCUT2D eigenvalue weighted by atomic mass is 9.95. The summed E-state index contributed by atoms with van der Waals surface area (Å²) in [5.74, 6) is 0.189. The molecule has 0 spiro atoms. The van der Waals surface area contributed by atoms with Gasteiger partial charge in [-0.2, -0.15) is 9.41 Å². The zero-order valence-corrected chi connectivity index (χ0v) is 18.6. The smallest absolute Gasteiger partial charge is 0.255 e. The summed E-state index contributed by atoms with van der Waals surface area (Å²) < 4.78 is 33.4. The summed E-state index contributed by atoms with van der Waals surface area (Å²) >= 11 is 0. The number of ether oxygens (including phenoxy) is 1. The molecule has 0 unspecified atom stereocenters. The van der Waals surface area contributed by atoms with Crippen molar-refractivity contribution in [2.75, 3.05) is 13.2 Å². The average molecular weight is 444 g/mol. The van der Waals surface area contributed by atoms with Crippen LogP contribution >= 0.6 is 0 Å². The average Bonchev–Trinajstić information content (AvgIpc) is 2.80. The Bertz CT molecular complexity index is 987. The van der Waals surface area contributed by atoms with E-state index in [9.17, 15) is 13.2 Å². The molecule has 1 fully saturated rings. The van der Waals surface area contributed by atoms with Crippen molar-refractivity contribution >= 4 is 22.1 Å². The van der Waals surface area contributed by atoms with Gasteiger partial charge in [0.05, 0.1) is 24.3 Å². The maximum Gasteiger partial charge on any atom is 0.255 e. The third kappa shape index (κ3) is 6.15. The van der Waals surface area contributed by atoms with Gasteiger partial charge < -0.3 is 4.74 Å². The highest BCUT2D eigenvalue weighted by molar-refractivity contribution is 7.89. The predicted molar refractivity (Wildman–Crippen MR) is 121 cm³/mol. The van der Waals surface area contributed by atoms with E-state index < -0.39 is 15.9 Å². The van der Waals surface area contributed by atoms with E-state index in [1.54, 1.807) is 30.3 Å². The van der Waals surface area contributed by atoms with Crippen molar-refractivity contribution in [3.63, 3.8) is 0 Å². The lowest BCUT2D eigenvalue weighted by molar-refractivity contribution is -0.121. The number of carbonyl (C=O) groups excluding carboxylic acids is 1. The molecule has 2 aromatic carbocycles. The molecule has 166 valence electrons. The molecule has 0 aliphatic heterocycles. The number of sulfonamides is 1. The van der Waals surface area contributed by atoms with Gasteiger partial charge >= 0.3 is 0 Å². The fourth-order valence-electron chi connectivity index (χ4n) is 3.73. The molecular formula is C23H29N3O4S. The number of benzene rings is 2. The number of hydrogen-bond acceptors (Lipinski definition) is 5. The van der Waals surface area contributed by atoms with Gasteiger partial charge in [-0.05, 0) is 44.0 Å². The fourth-order valence-corrected chi connectivity index (χ4v) is 5.39. The van der Waals surface area contributed by atoms with Crippen molar-refractivity contribution in [1.82, 2.24) is 9.73 Å². The van der Waals surface area contributed by atoms with Crippen molar-refractivity contribution in [2.24, 2.45) is 5.10 Å². The second kappa shape index (κ2) is 11.1. The highest BCUT2D eigenvalue weighted by atomic mass is 32.2. The Hall–Kier alpha value is -2.71. The summed E-state index contributed by atoms with van der Waals surface area (Å²) in [6, 6.07) is 15.4. The predicted octanol–water partition coefficient (Wildman–Crippen LogP) is 3.56. The summed E-state index contributed by atoms with van der Waals surface area (Å²) in [4.78, 5) is 12.8. The molecular weight excluding hydrogens is 414 g/mol. The van der Waals surface area contributed by atoms with Crippen LogP contribution in [0.2, 0.25) is 0 Å². The lowest BCUT2D eigenvalue weighted by Crippen LogP contribution is -2.46. The van der Waals surface area contributed by atoms with Gasteiger partial charge in [-0.3, -0.25) is 4.79 Å². The van der Waals surface area contributed by atoms with Crippen LogP contribution in [0.15, 0.2) is 64.6 Å². The van der Waals surface area contributed by atoms with Crippen LogP contribution in [0.1, 0.15) is 44.6 Å². The summed E-state index contributed by atoms with van der Waals surface area (Å²) in [5.41, 5.74) is 3.19. The maximum atomic E-state index is 13.3. The molecule has 1 saturated carbocycles. The molecule has 7 nitrogen and oxygen atoms in total. The molecule has 31 heavy (non-hydrogen) atoms. The number of hydrazone groups is 1. The standard InChI is InChI=1S/C23H29N3O4S/c1-2-30-22-16-10-9-11-19(22)17-24-25-23(27)18-26(20-12-5-3-6-13-20)31(28,29)21-14-7-4-8-15-21/h4,7-11,14-17,20H,2-3,5-6,12-13,18H2,1H3,(H,25,27)/b24-17+. The third-order valence-corrected chi connectivity index (χ3v) is 7.16. The Morgan fingerprint density at radius 3 is 2.48 bits per heavy atom. The molecule has 0 radical (unpaired) electrons. The van der Waals surface area contributed by atoms with Gasteiger partial charge in [-0.25, -0.2) is 13.8 Å². The second-order valence-electron chi connectivity index (χ2n) is 7.42. The zero-order valence-electron chi connectivity index (χ0n) is 17.7. The Morgan fingerprint density at radius 2 is 1.77 bits per heavy atom. The Kier molecular flexibility index (Phi) is 8.20. The Morgan fingerprint density at radius 1 is 1.10 bits per heavy atom. The van der Waals surface area contributed by atoms with Crippen molar-refractivity contribution < 1.29 is 17.9 Å². The van der Waals surface area contributed by atoms with Crippen LogP contribution in [-0.2, 0) is 14.8 Å². The van der Waals surface area contributed by atoms with Gasteiger partial charge in [0.25, 0.3) is 5.91 Å². The molecule has 0 saturated heterocycles. The molecule has 8 heteroatoms. The minimum Gasteiger partial charge on any atom is -0.493 e. The summed E-state index contributed by atoms with van der Waals surface area (Å²) in [7, 11) is -3.79. The first-order valence-corrected chi connectivity index (χ1v) is 12.1. The van der Waals surface area contributed by atoms with Gasteiger partial charge in [0, 0.05) is 11.6 Å². The van der Waals surface area contributed by atoms with E-state index in [0.29, 0.717) is 12.4 Å². The van der Waals surface area contributed by atoms with Crippen molar-refractivity contribution in [3.8, 4) is 5.75 Å². The molecule has 1 N–H and O–H groups in total. The second-order valence-corrected chi connectivity index (χ2v) is 9.31. The number of nitrogens with one attached hydrogen (secondary N) is 1. The van der Waals surface area contributed by atoms with Gasteiger partial charge in [-0.1, -0.05) is 49.6 Å². The highest BCUT2D eigenvalue weighted by Gasteiger charge is 2.33. The SMILES string of the molecule is CCOc1ccccc1/C=N/NC(=O)CN(C1CCCCC1)S(=O)(=O)c1ccccc1. The van der Waals surface area contributed by atoms with E-state index in [0.717, 1.165) is 37.7 Å². The number of carbonyl (C=O) groups is 1. The highest BCUT2D eigenvalue weighted by Crippen LogP contribution is 2.27. The van der Waals surface area contributed by atoms with Crippen LogP contribution in [0.4, 0.5) is 0 Å². The van der Waals surface area contributed by atoms with Crippen LogP contribution in [-0.4, -0.2) is 44.0 Å². The van der Waals surface area contributed by atoms with E-state index >= 15 is 0 Å². The van der Waals surface area contributed by atoms with Crippen LogP contribution in [0.25, 0.3) is 0 Å². The van der Waals surface area contributed by atoms with Crippen molar-refractivity contribution in [1.29, 1.82) is 0 Å². The van der Waals surface area contributed by atoms with E-state index in [1.165, 1.54) is 10.5 Å². The van der Waals surface area contributed by atoms with Gasteiger partial charge in [0.15, 0.2) is 0 Å². The zero-order chi connectivity index (χ0) is 22.1. The van der Waals surface area contributed by atoms with E-state index in [4.69, 9.17) is 4.74 Å². The third-order valence-electron chi connectivity index (χ3n) is 5.24. The Labute approximate surface area is 184 Å². The van der Waals surface area contributed by atoms with Crippen LogP contribution < -0.4 is 10.2 Å². The van der Waals surface area contributed by atoms with Gasteiger partial charge in [-0.15, -0.1) is 0 Å². The molecule has 0 aromatic heterocycles. The largest absolute Gasteiger partial charge is 0.493 e. The molecule has 1 aliphatic rings. The fraction of sp³-hybridized carbons (Fsp3) is 0.391. The minimum atomic E-state index is -3.79. The number of rotatable bonds is 9.